The fraction of sp³-hybridized carbons (Fsp3) is 0.300. The number of aromatic nitrogens is 1. The van der Waals surface area contributed by atoms with Crippen molar-refractivity contribution >= 4 is 53.8 Å². The van der Waals surface area contributed by atoms with Gasteiger partial charge in [-0.25, -0.2) is 18.5 Å². The number of anilines is 2. The van der Waals surface area contributed by atoms with Gasteiger partial charge in [-0.1, -0.05) is 25.2 Å². The maximum atomic E-state index is 12.7. The number of nitrogens with zero attached hydrogens (tertiary/aromatic N) is 2. The van der Waals surface area contributed by atoms with E-state index >= 15 is 0 Å². The predicted molar refractivity (Wildman–Crippen MR) is 122 cm³/mol. The standard InChI is InChI=1S/C18H17F3N4O3S2.C2H6/c1-9(2)23-12-5-7-15-16(10(12)3)25-17(29-15)24-13-8-11(30(22,26)27)4-6-14(13)28-18(19,20)21;1-2/h4-8H,1-3H3,(H,24,25)(H2,22,26,27);1-2H3. The summed E-state index contributed by atoms with van der Waals surface area (Å²) in [7, 11) is -4.14. The Kier molecular flexibility index (Phi) is 7.86. The van der Waals surface area contributed by atoms with Crippen LogP contribution in [-0.2, 0) is 10.0 Å². The Morgan fingerprint density at radius 1 is 1.19 bits per heavy atom. The van der Waals surface area contributed by atoms with E-state index < -0.39 is 22.1 Å². The maximum Gasteiger partial charge on any atom is 0.573 e. The van der Waals surface area contributed by atoms with E-state index in [0.29, 0.717) is 5.52 Å². The van der Waals surface area contributed by atoms with Crippen molar-refractivity contribution in [3.63, 3.8) is 0 Å². The van der Waals surface area contributed by atoms with E-state index in [2.05, 4.69) is 20.0 Å². The van der Waals surface area contributed by atoms with Crippen LogP contribution >= 0.6 is 11.3 Å². The normalized spacial score (nSPS) is 11.5. The summed E-state index contributed by atoms with van der Waals surface area (Å²) in [6, 6.07) is 6.41. The fourth-order valence-corrected chi connectivity index (χ4v) is 4.12. The van der Waals surface area contributed by atoms with E-state index in [1.807, 2.05) is 40.7 Å². The third-order valence-electron chi connectivity index (χ3n) is 3.88. The van der Waals surface area contributed by atoms with E-state index in [1.54, 1.807) is 6.07 Å². The minimum absolute atomic E-state index is 0.238. The van der Waals surface area contributed by atoms with Crippen molar-refractivity contribution in [2.45, 2.75) is 45.9 Å². The van der Waals surface area contributed by atoms with E-state index in [9.17, 15) is 21.6 Å². The number of thiazole rings is 1. The minimum Gasteiger partial charge on any atom is -0.404 e. The molecule has 0 radical (unpaired) electrons. The van der Waals surface area contributed by atoms with Gasteiger partial charge in [0.05, 0.1) is 26.5 Å². The van der Waals surface area contributed by atoms with E-state index in [0.717, 1.165) is 39.9 Å². The van der Waals surface area contributed by atoms with Gasteiger partial charge in [0.1, 0.15) is 0 Å². The number of hydrogen-bond acceptors (Lipinski definition) is 7. The monoisotopic (exact) mass is 488 g/mol. The molecule has 12 heteroatoms. The first-order valence-corrected chi connectivity index (χ1v) is 11.8. The van der Waals surface area contributed by atoms with Gasteiger partial charge in [-0.15, -0.1) is 13.2 Å². The van der Waals surface area contributed by atoms with Gasteiger partial charge in [0, 0.05) is 11.3 Å². The van der Waals surface area contributed by atoms with Crippen LogP contribution in [0.1, 0.15) is 33.3 Å². The van der Waals surface area contributed by atoms with Crippen molar-refractivity contribution in [1.82, 2.24) is 4.98 Å². The highest BCUT2D eigenvalue weighted by atomic mass is 32.2. The largest absolute Gasteiger partial charge is 0.573 e. The second-order valence-electron chi connectivity index (χ2n) is 6.51. The van der Waals surface area contributed by atoms with Crippen molar-refractivity contribution in [3.8, 4) is 5.75 Å². The Bertz CT molecular complexity index is 1250. The SMILES string of the molecule is CC.CC(C)=Nc1ccc2sc(Nc3cc(S(N)(=O)=O)ccc3OC(F)(F)F)nc2c1C. The first-order valence-electron chi connectivity index (χ1n) is 9.45. The lowest BCUT2D eigenvalue weighted by molar-refractivity contribution is -0.274. The number of alkyl halides is 3. The number of ether oxygens (including phenoxy) is 1. The van der Waals surface area contributed by atoms with E-state index in [1.165, 1.54) is 11.3 Å². The Hall–Kier alpha value is -2.70. The molecule has 3 rings (SSSR count). The highest BCUT2D eigenvalue weighted by molar-refractivity contribution is 7.89. The molecule has 0 saturated carbocycles. The summed E-state index contributed by atoms with van der Waals surface area (Å²) < 4.78 is 66.2. The van der Waals surface area contributed by atoms with Crippen LogP contribution in [0.15, 0.2) is 40.2 Å². The molecule has 3 aromatic rings. The van der Waals surface area contributed by atoms with Crippen LogP contribution in [0.4, 0.5) is 29.7 Å². The molecule has 1 aromatic heterocycles. The summed E-state index contributed by atoms with van der Waals surface area (Å²) in [5, 5.41) is 8.05. The number of nitrogens with one attached hydrogen (secondary N) is 1. The smallest absolute Gasteiger partial charge is 0.404 e. The number of nitrogens with two attached hydrogens (primary N) is 1. The number of fused-ring (bicyclic) bond motifs is 1. The number of rotatable bonds is 5. The fourth-order valence-electron chi connectivity index (χ4n) is 2.64. The Morgan fingerprint density at radius 3 is 2.41 bits per heavy atom. The molecular weight excluding hydrogens is 465 g/mol. The summed E-state index contributed by atoms with van der Waals surface area (Å²) in [5.74, 6) is -0.613. The van der Waals surface area contributed by atoms with Crippen molar-refractivity contribution in [2.75, 3.05) is 5.32 Å². The Labute approximate surface area is 188 Å². The van der Waals surface area contributed by atoms with Gasteiger partial charge >= 0.3 is 6.36 Å². The van der Waals surface area contributed by atoms with Crippen LogP contribution in [0, 0.1) is 6.92 Å². The van der Waals surface area contributed by atoms with Crippen LogP contribution in [0.3, 0.4) is 0 Å². The van der Waals surface area contributed by atoms with E-state index in [-0.39, 0.29) is 15.7 Å². The summed E-state index contributed by atoms with van der Waals surface area (Å²) in [5.41, 5.74) is 2.79. The molecular formula is C20H23F3N4O3S2. The summed E-state index contributed by atoms with van der Waals surface area (Å²) in [6.07, 6.45) is -4.96. The lowest BCUT2D eigenvalue weighted by Gasteiger charge is -2.14. The zero-order chi connectivity index (χ0) is 24.3. The van der Waals surface area contributed by atoms with Crippen LogP contribution in [-0.4, -0.2) is 25.5 Å². The van der Waals surface area contributed by atoms with Gasteiger partial charge in [0.15, 0.2) is 10.9 Å². The van der Waals surface area contributed by atoms with Crippen LogP contribution in [0.5, 0.6) is 5.75 Å². The highest BCUT2D eigenvalue weighted by Gasteiger charge is 2.32. The number of aliphatic imine (C=N–C) groups is 1. The number of benzene rings is 2. The van der Waals surface area contributed by atoms with Crippen LogP contribution < -0.4 is 15.2 Å². The zero-order valence-electron chi connectivity index (χ0n) is 18.0. The maximum absolute atomic E-state index is 12.7. The van der Waals surface area contributed by atoms with Crippen LogP contribution in [0.25, 0.3) is 10.2 Å². The lowest BCUT2D eigenvalue weighted by Crippen LogP contribution is -2.18. The zero-order valence-corrected chi connectivity index (χ0v) is 19.7. The number of aryl methyl sites for hydroxylation is 1. The van der Waals surface area contributed by atoms with Crippen molar-refractivity contribution < 1.29 is 26.3 Å². The first kappa shape index (κ1) is 25.6. The molecule has 1 heterocycles. The molecule has 0 bridgehead atoms. The molecule has 0 atom stereocenters. The Morgan fingerprint density at radius 2 is 1.84 bits per heavy atom. The molecule has 0 fully saturated rings. The molecule has 7 nitrogen and oxygen atoms in total. The molecule has 2 aromatic carbocycles. The van der Waals surface area contributed by atoms with E-state index in [4.69, 9.17) is 5.14 Å². The Balaban J connectivity index is 0.00000176. The summed E-state index contributed by atoms with van der Waals surface area (Å²) in [6.45, 7) is 9.56. The molecule has 3 N–H and O–H groups in total. The molecule has 0 saturated heterocycles. The minimum atomic E-state index is -4.96. The van der Waals surface area contributed by atoms with Gasteiger partial charge in [0.2, 0.25) is 10.0 Å². The molecule has 0 aliphatic carbocycles. The summed E-state index contributed by atoms with van der Waals surface area (Å²) >= 11 is 1.19. The number of sulfonamides is 1. The lowest BCUT2D eigenvalue weighted by atomic mass is 10.2. The average molecular weight is 489 g/mol. The number of hydrogen-bond donors (Lipinski definition) is 2. The molecule has 32 heavy (non-hydrogen) atoms. The molecule has 0 amide bonds. The molecule has 0 unspecified atom stereocenters. The third kappa shape index (κ3) is 6.40. The molecule has 0 aliphatic rings. The van der Waals surface area contributed by atoms with Gasteiger partial charge in [-0.05, 0) is 51.1 Å². The second kappa shape index (κ2) is 9.84. The third-order valence-corrected chi connectivity index (χ3v) is 5.72. The number of primary sulfonamides is 1. The van der Waals surface area contributed by atoms with Crippen molar-refractivity contribution in [1.29, 1.82) is 0 Å². The molecule has 0 aliphatic heterocycles. The van der Waals surface area contributed by atoms with Gasteiger partial charge < -0.3 is 10.1 Å². The van der Waals surface area contributed by atoms with Gasteiger partial charge in [-0.3, -0.25) is 4.99 Å². The van der Waals surface area contributed by atoms with Crippen LogP contribution in [0.2, 0.25) is 0 Å². The van der Waals surface area contributed by atoms with Gasteiger partial charge in [-0.2, -0.15) is 0 Å². The topological polar surface area (TPSA) is 107 Å². The van der Waals surface area contributed by atoms with Crippen molar-refractivity contribution in [2.24, 2.45) is 10.1 Å². The average Bonchev–Trinajstić information content (AvgIpc) is 3.08. The predicted octanol–water partition coefficient (Wildman–Crippen LogP) is 6.03. The van der Waals surface area contributed by atoms with Gasteiger partial charge in [0.25, 0.3) is 0 Å². The number of halogens is 3. The highest BCUT2D eigenvalue weighted by Crippen LogP contribution is 2.38. The second-order valence-corrected chi connectivity index (χ2v) is 9.10. The van der Waals surface area contributed by atoms with Crippen molar-refractivity contribution in [3.05, 3.63) is 35.9 Å². The summed E-state index contributed by atoms with van der Waals surface area (Å²) in [4.78, 5) is 8.49. The molecule has 0 spiro atoms. The first-order chi connectivity index (χ1) is 14.8. The quantitative estimate of drug-likeness (QED) is 0.426. The molecule has 174 valence electrons.